The van der Waals surface area contributed by atoms with Gasteiger partial charge >= 0.3 is 0 Å². The van der Waals surface area contributed by atoms with E-state index >= 15 is 0 Å². The fourth-order valence-corrected chi connectivity index (χ4v) is 2.33. The number of anilines is 2. The second-order valence-corrected chi connectivity index (χ2v) is 5.88. The van der Waals surface area contributed by atoms with Gasteiger partial charge in [-0.1, -0.05) is 12.1 Å². The quantitative estimate of drug-likeness (QED) is 0.444. The summed E-state index contributed by atoms with van der Waals surface area (Å²) in [6, 6.07) is 17.5. The van der Waals surface area contributed by atoms with Crippen molar-refractivity contribution in [2.45, 2.75) is 6.42 Å². The van der Waals surface area contributed by atoms with E-state index in [2.05, 4.69) is 21.9 Å². The van der Waals surface area contributed by atoms with Crippen molar-refractivity contribution in [2.75, 3.05) is 30.9 Å². The summed E-state index contributed by atoms with van der Waals surface area (Å²) in [7, 11) is 3.59. The van der Waals surface area contributed by atoms with E-state index in [4.69, 9.17) is 22.2 Å². The molecule has 2 N–H and O–H groups in total. The molecule has 2 rings (SSSR count). The number of hydrogen-bond acceptors (Lipinski definition) is 5. The Hall–Kier alpha value is -3.11. The van der Waals surface area contributed by atoms with Gasteiger partial charge in [-0.05, 0) is 54.2 Å². The molecule has 26 heavy (non-hydrogen) atoms. The highest BCUT2D eigenvalue weighted by molar-refractivity contribution is 7.80. The third kappa shape index (κ3) is 6.07. The number of nitriles is 1. The second-order valence-electron chi connectivity index (χ2n) is 5.47. The highest BCUT2D eigenvalue weighted by atomic mass is 32.1. The molecule has 0 aliphatic rings. The van der Waals surface area contributed by atoms with E-state index < -0.39 is 0 Å². The smallest absolute Gasteiger partial charge is 0.191 e. The van der Waals surface area contributed by atoms with Crippen LogP contribution in [0.5, 0.6) is 5.75 Å². The molecule has 0 heterocycles. The van der Waals surface area contributed by atoms with Gasteiger partial charge in [-0.2, -0.15) is 10.4 Å². The summed E-state index contributed by atoms with van der Waals surface area (Å²) in [5.74, 6) is 0.786. The Morgan fingerprint density at radius 1 is 1.23 bits per heavy atom. The molecule has 0 spiro atoms. The number of nitrogens with zero attached hydrogens (tertiary/aromatic N) is 3. The molecule has 0 aliphatic carbocycles. The van der Waals surface area contributed by atoms with E-state index in [1.54, 1.807) is 13.3 Å². The zero-order chi connectivity index (χ0) is 18.8. The van der Waals surface area contributed by atoms with Gasteiger partial charge in [0, 0.05) is 25.0 Å². The van der Waals surface area contributed by atoms with Gasteiger partial charge < -0.3 is 15.0 Å². The minimum Gasteiger partial charge on any atom is -0.497 e. The zero-order valence-corrected chi connectivity index (χ0v) is 15.6. The molecule has 0 unspecified atom stereocenters. The molecule has 0 amide bonds. The molecule has 0 aromatic heterocycles. The third-order valence-electron chi connectivity index (χ3n) is 3.62. The number of ether oxygens (including phenoxy) is 1. The molecule has 0 saturated carbocycles. The number of benzene rings is 2. The van der Waals surface area contributed by atoms with E-state index in [0.29, 0.717) is 18.1 Å². The van der Waals surface area contributed by atoms with E-state index in [1.807, 2.05) is 60.5 Å². The Labute approximate surface area is 159 Å². The van der Waals surface area contributed by atoms with Crippen LogP contribution in [0.15, 0.2) is 53.6 Å². The third-order valence-corrected chi connectivity index (χ3v) is 3.81. The molecule has 0 atom stereocenters. The Balaban J connectivity index is 1.83. The first-order chi connectivity index (χ1) is 12.6. The van der Waals surface area contributed by atoms with Gasteiger partial charge in [0.1, 0.15) is 5.75 Å². The standard InChI is InChI=1S/C19H21N5OS/c1-24(13-3-12-20)17-8-4-15(5-9-17)14-21-23-19(26)22-16-6-10-18(25-2)11-7-16/h4-11,14H,3,13H2,1-2H3,(H2,22,23,26)/b21-14+. The Bertz CT molecular complexity index is 781. The van der Waals surface area contributed by atoms with Crippen molar-refractivity contribution in [2.24, 2.45) is 5.10 Å². The minimum absolute atomic E-state index is 0.402. The van der Waals surface area contributed by atoms with Crippen LogP contribution in [0.25, 0.3) is 0 Å². The van der Waals surface area contributed by atoms with E-state index in [0.717, 1.165) is 22.7 Å². The van der Waals surface area contributed by atoms with Gasteiger partial charge in [-0.25, -0.2) is 0 Å². The first-order valence-electron chi connectivity index (χ1n) is 8.04. The van der Waals surface area contributed by atoms with Crippen molar-refractivity contribution in [1.29, 1.82) is 5.26 Å². The predicted molar refractivity (Wildman–Crippen MR) is 110 cm³/mol. The van der Waals surface area contributed by atoms with Crippen molar-refractivity contribution < 1.29 is 4.74 Å². The van der Waals surface area contributed by atoms with Crippen LogP contribution in [-0.2, 0) is 0 Å². The van der Waals surface area contributed by atoms with E-state index in [9.17, 15) is 0 Å². The maximum atomic E-state index is 8.64. The van der Waals surface area contributed by atoms with Gasteiger partial charge in [-0.15, -0.1) is 0 Å². The van der Waals surface area contributed by atoms with Crippen LogP contribution in [0.2, 0.25) is 0 Å². The summed E-state index contributed by atoms with van der Waals surface area (Å²) >= 11 is 5.21. The number of hydrogen-bond donors (Lipinski definition) is 2. The molecule has 7 heteroatoms. The van der Waals surface area contributed by atoms with Crippen LogP contribution in [0.4, 0.5) is 11.4 Å². The highest BCUT2D eigenvalue weighted by Gasteiger charge is 2.00. The van der Waals surface area contributed by atoms with E-state index in [1.165, 1.54) is 0 Å². The van der Waals surface area contributed by atoms with E-state index in [-0.39, 0.29) is 0 Å². The Kier molecular flexibility index (Phi) is 7.40. The SMILES string of the molecule is COc1ccc(NC(=S)N/N=C/c2ccc(N(C)CCC#N)cc2)cc1. The molecular weight excluding hydrogens is 346 g/mol. The van der Waals surface area contributed by atoms with Crippen molar-refractivity contribution >= 4 is 34.9 Å². The normalized spacial score (nSPS) is 10.2. The predicted octanol–water partition coefficient (Wildman–Crippen LogP) is 3.37. The van der Waals surface area contributed by atoms with Crippen molar-refractivity contribution in [3.63, 3.8) is 0 Å². The minimum atomic E-state index is 0.402. The van der Waals surface area contributed by atoms with Gasteiger partial charge in [-0.3, -0.25) is 5.43 Å². The van der Waals surface area contributed by atoms with Gasteiger partial charge in [0.2, 0.25) is 0 Å². The molecule has 134 valence electrons. The molecule has 0 bridgehead atoms. The molecular formula is C19H21N5OS. The van der Waals surface area contributed by atoms with Gasteiger partial charge in [0.05, 0.1) is 25.8 Å². The Morgan fingerprint density at radius 3 is 2.54 bits per heavy atom. The number of rotatable bonds is 7. The first kappa shape index (κ1) is 19.2. The van der Waals surface area contributed by atoms with Crippen molar-refractivity contribution in [3.8, 4) is 11.8 Å². The number of hydrazone groups is 1. The lowest BCUT2D eigenvalue weighted by atomic mass is 10.2. The van der Waals surface area contributed by atoms with Crippen LogP contribution in [0.1, 0.15) is 12.0 Å². The fourth-order valence-electron chi connectivity index (χ4n) is 2.16. The highest BCUT2D eigenvalue weighted by Crippen LogP contribution is 2.15. The molecule has 2 aromatic carbocycles. The molecule has 2 aromatic rings. The largest absolute Gasteiger partial charge is 0.497 e. The topological polar surface area (TPSA) is 72.7 Å². The van der Waals surface area contributed by atoms with Crippen LogP contribution >= 0.6 is 12.2 Å². The lowest BCUT2D eigenvalue weighted by Crippen LogP contribution is -2.23. The maximum absolute atomic E-state index is 8.64. The van der Waals surface area contributed by atoms with Crippen LogP contribution in [0.3, 0.4) is 0 Å². The van der Waals surface area contributed by atoms with Crippen molar-refractivity contribution in [1.82, 2.24) is 5.43 Å². The average Bonchev–Trinajstić information content (AvgIpc) is 2.67. The number of methoxy groups -OCH3 is 1. The van der Waals surface area contributed by atoms with Crippen LogP contribution in [0, 0.1) is 11.3 Å². The van der Waals surface area contributed by atoms with Crippen LogP contribution in [-0.4, -0.2) is 32.0 Å². The monoisotopic (exact) mass is 367 g/mol. The van der Waals surface area contributed by atoms with Crippen LogP contribution < -0.4 is 20.4 Å². The summed E-state index contributed by atoms with van der Waals surface area (Å²) < 4.78 is 5.11. The molecule has 0 saturated heterocycles. The van der Waals surface area contributed by atoms with Gasteiger partial charge in [0.15, 0.2) is 5.11 Å². The summed E-state index contributed by atoms with van der Waals surface area (Å²) in [5, 5.41) is 16.2. The fraction of sp³-hybridized carbons (Fsp3) is 0.211. The Morgan fingerprint density at radius 2 is 1.92 bits per heavy atom. The summed E-state index contributed by atoms with van der Waals surface area (Å²) in [6.07, 6.45) is 2.20. The summed E-state index contributed by atoms with van der Waals surface area (Å²) in [6.45, 7) is 0.705. The lowest BCUT2D eigenvalue weighted by Gasteiger charge is -2.17. The molecule has 0 aliphatic heterocycles. The lowest BCUT2D eigenvalue weighted by molar-refractivity contribution is 0.415. The van der Waals surface area contributed by atoms with Crippen molar-refractivity contribution in [3.05, 3.63) is 54.1 Å². The molecule has 0 radical (unpaired) electrons. The summed E-state index contributed by atoms with van der Waals surface area (Å²) in [4.78, 5) is 2.04. The molecule has 0 fully saturated rings. The van der Waals surface area contributed by atoms with Gasteiger partial charge in [0.25, 0.3) is 0 Å². The average molecular weight is 367 g/mol. The maximum Gasteiger partial charge on any atom is 0.191 e. The summed E-state index contributed by atoms with van der Waals surface area (Å²) in [5.41, 5.74) is 5.64. The second kappa shape index (κ2) is 10.0. The molecule has 6 nitrogen and oxygen atoms in total. The number of thiocarbonyl (C=S) groups is 1. The zero-order valence-electron chi connectivity index (χ0n) is 14.8. The first-order valence-corrected chi connectivity index (χ1v) is 8.45. The number of nitrogens with one attached hydrogen (secondary N) is 2.